The summed E-state index contributed by atoms with van der Waals surface area (Å²) >= 11 is 0. The van der Waals surface area contributed by atoms with Crippen LogP contribution in [-0.4, -0.2) is 41.3 Å². The quantitative estimate of drug-likeness (QED) is 0.652. The average Bonchev–Trinajstić information content (AvgIpc) is 3.36. The zero-order chi connectivity index (χ0) is 21.1. The molecule has 2 aliphatic rings. The number of benzene rings is 2. The highest BCUT2D eigenvalue weighted by Crippen LogP contribution is 2.34. The SMILES string of the molecule is CC(C)COc1ccc(C2=C(N3CCCC3)C(=O)N(Cc3ccccc3)C2=O)cc1. The van der Waals surface area contributed by atoms with Crippen LogP contribution < -0.4 is 4.74 Å². The zero-order valence-electron chi connectivity index (χ0n) is 17.6. The van der Waals surface area contributed by atoms with Crippen LogP contribution in [-0.2, 0) is 16.1 Å². The number of likely N-dealkylation sites (tertiary alicyclic amines) is 1. The fraction of sp³-hybridized carbons (Fsp3) is 0.360. The van der Waals surface area contributed by atoms with Crippen LogP contribution in [0.4, 0.5) is 0 Å². The molecule has 0 bridgehead atoms. The van der Waals surface area contributed by atoms with Gasteiger partial charge in [0, 0.05) is 13.1 Å². The van der Waals surface area contributed by atoms with Gasteiger partial charge in [-0.15, -0.1) is 0 Å². The minimum Gasteiger partial charge on any atom is -0.493 e. The second-order valence-corrected chi connectivity index (χ2v) is 8.33. The van der Waals surface area contributed by atoms with Crippen molar-refractivity contribution in [2.24, 2.45) is 5.92 Å². The lowest BCUT2D eigenvalue weighted by Gasteiger charge is -2.20. The summed E-state index contributed by atoms with van der Waals surface area (Å²) in [5.74, 6) is 0.797. The summed E-state index contributed by atoms with van der Waals surface area (Å²) in [7, 11) is 0. The van der Waals surface area contributed by atoms with Crippen molar-refractivity contribution in [3.63, 3.8) is 0 Å². The van der Waals surface area contributed by atoms with E-state index in [1.807, 2.05) is 54.6 Å². The topological polar surface area (TPSA) is 49.9 Å². The molecule has 1 saturated heterocycles. The lowest BCUT2D eigenvalue weighted by molar-refractivity contribution is -0.138. The molecule has 2 aliphatic heterocycles. The summed E-state index contributed by atoms with van der Waals surface area (Å²) in [6.45, 7) is 6.76. The van der Waals surface area contributed by atoms with Crippen molar-refractivity contribution in [1.82, 2.24) is 9.80 Å². The Morgan fingerprint density at radius 1 is 0.900 bits per heavy atom. The van der Waals surface area contributed by atoms with Gasteiger partial charge in [-0.1, -0.05) is 56.3 Å². The van der Waals surface area contributed by atoms with E-state index in [2.05, 4.69) is 18.7 Å². The van der Waals surface area contributed by atoms with E-state index >= 15 is 0 Å². The molecule has 1 fully saturated rings. The standard InChI is InChI=1S/C25H28N2O3/c1-18(2)17-30-21-12-10-20(11-13-21)22-23(26-14-6-7-15-26)25(29)27(24(22)28)16-19-8-4-3-5-9-19/h3-5,8-13,18H,6-7,14-17H2,1-2H3. The highest BCUT2D eigenvalue weighted by atomic mass is 16.5. The maximum atomic E-state index is 13.4. The van der Waals surface area contributed by atoms with Crippen LogP contribution in [0.5, 0.6) is 5.75 Å². The molecule has 2 aromatic carbocycles. The predicted octanol–water partition coefficient (Wildman–Crippen LogP) is 4.10. The van der Waals surface area contributed by atoms with Gasteiger partial charge in [0.05, 0.1) is 18.7 Å². The third kappa shape index (κ3) is 4.11. The van der Waals surface area contributed by atoms with Crippen molar-refractivity contribution < 1.29 is 14.3 Å². The summed E-state index contributed by atoms with van der Waals surface area (Å²) in [6.07, 6.45) is 2.08. The molecule has 0 radical (unpaired) electrons. The second-order valence-electron chi connectivity index (χ2n) is 8.33. The highest BCUT2D eigenvalue weighted by molar-refractivity contribution is 6.35. The molecule has 0 unspecified atom stereocenters. The molecular weight excluding hydrogens is 376 g/mol. The van der Waals surface area contributed by atoms with Crippen molar-refractivity contribution in [1.29, 1.82) is 0 Å². The highest BCUT2D eigenvalue weighted by Gasteiger charge is 2.42. The molecule has 0 aliphatic carbocycles. The first kappa shape index (κ1) is 20.2. The number of hydrogen-bond acceptors (Lipinski definition) is 4. The number of carbonyl (C=O) groups excluding carboxylic acids is 2. The third-order valence-corrected chi connectivity index (χ3v) is 5.48. The van der Waals surface area contributed by atoms with Crippen LogP contribution in [0, 0.1) is 5.92 Å². The van der Waals surface area contributed by atoms with E-state index in [9.17, 15) is 9.59 Å². The molecule has 2 heterocycles. The number of hydrogen-bond donors (Lipinski definition) is 0. The molecule has 0 saturated carbocycles. The van der Waals surface area contributed by atoms with Gasteiger partial charge in [-0.2, -0.15) is 0 Å². The van der Waals surface area contributed by atoms with Crippen LogP contribution >= 0.6 is 0 Å². The van der Waals surface area contributed by atoms with Crippen LogP contribution in [0.3, 0.4) is 0 Å². The average molecular weight is 405 g/mol. The molecular formula is C25H28N2O3. The van der Waals surface area contributed by atoms with Gasteiger partial charge in [0.1, 0.15) is 11.4 Å². The van der Waals surface area contributed by atoms with Gasteiger partial charge in [-0.25, -0.2) is 0 Å². The van der Waals surface area contributed by atoms with E-state index in [-0.39, 0.29) is 18.4 Å². The van der Waals surface area contributed by atoms with E-state index in [1.54, 1.807) is 0 Å². The monoisotopic (exact) mass is 404 g/mol. The Bertz CT molecular complexity index is 942. The molecule has 30 heavy (non-hydrogen) atoms. The number of nitrogens with zero attached hydrogens (tertiary/aromatic N) is 2. The van der Waals surface area contributed by atoms with Gasteiger partial charge >= 0.3 is 0 Å². The number of carbonyl (C=O) groups is 2. The molecule has 2 amide bonds. The van der Waals surface area contributed by atoms with Gasteiger partial charge in [0.2, 0.25) is 0 Å². The van der Waals surface area contributed by atoms with Gasteiger partial charge in [0.25, 0.3) is 11.8 Å². The number of imide groups is 1. The molecule has 0 aromatic heterocycles. The Balaban J connectivity index is 1.65. The Hall–Kier alpha value is -3.08. The first-order chi connectivity index (χ1) is 14.5. The van der Waals surface area contributed by atoms with Crippen molar-refractivity contribution in [3.05, 3.63) is 71.4 Å². The largest absolute Gasteiger partial charge is 0.493 e. The summed E-state index contributed by atoms with van der Waals surface area (Å²) in [5.41, 5.74) is 2.76. The molecule has 5 nitrogen and oxygen atoms in total. The van der Waals surface area contributed by atoms with Gasteiger partial charge in [0.15, 0.2) is 0 Å². The van der Waals surface area contributed by atoms with E-state index < -0.39 is 0 Å². The van der Waals surface area contributed by atoms with E-state index in [4.69, 9.17) is 4.74 Å². The maximum Gasteiger partial charge on any atom is 0.278 e. The number of rotatable bonds is 7. The lowest BCUT2D eigenvalue weighted by Crippen LogP contribution is -2.34. The molecule has 0 atom stereocenters. The summed E-state index contributed by atoms with van der Waals surface area (Å²) in [4.78, 5) is 30.1. The minimum atomic E-state index is -0.221. The molecule has 4 rings (SSSR count). The third-order valence-electron chi connectivity index (χ3n) is 5.48. The van der Waals surface area contributed by atoms with Crippen molar-refractivity contribution in [2.75, 3.05) is 19.7 Å². The molecule has 2 aromatic rings. The molecule has 156 valence electrons. The lowest BCUT2D eigenvalue weighted by atomic mass is 10.0. The summed E-state index contributed by atoms with van der Waals surface area (Å²) < 4.78 is 5.77. The maximum absolute atomic E-state index is 13.4. The Morgan fingerprint density at radius 2 is 1.57 bits per heavy atom. The Labute approximate surface area is 177 Å². The van der Waals surface area contributed by atoms with Crippen LogP contribution in [0.25, 0.3) is 5.57 Å². The minimum absolute atomic E-state index is 0.194. The Kier molecular flexibility index (Phi) is 5.88. The number of ether oxygens (including phenoxy) is 1. The van der Waals surface area contributed by atoms with Crippen LogP contribution in [0.15, 0.2) is 60.3 Å². The summed E-state index contributed by atoms with van der Waals surface area (Å²) in [5, 5.41) is 0. The first-order valence-electron chi connectivity index (χ1n) is 10.7. The van der Waals surface area contributed by atoms with E-state index in [1.165, 1.54) is 4.90 Å². The van der Waals surface area contributed by atoms with E-state index in [0.29, 0.717) is 23.8 Å². The fourth-order valence-corrected chi connectivity index (χ4v) is 3.95. The summed E-state index contributed by atoms with van der Waals surface area (Å²) in [6, 6.07) is 17.2. The first-order valence-corrected chi connectivity index (χ1v) is 10.7. The predicted molar refractivity (Wildman–Crippen MR) is 117 cm³/mol. The van der Waals surface area contributed by atoms with Gasteiger partial charge < -0.3 is 9.64 Å². The fourth-order valence-electron chi connectivity index (χ4n) is 3.95. The van der Waals surface area contributed by atoms with Crippen LogP contribution in [0.1, 0.15) is 37.8 Å². The van der Waals surface area contributed by atoms with Crippen LogP contribution in [0.2, 0.25) is 0 Å². The molecule has 0 spiro atoms. The van der Waals surface area contributed by atoms with Crippen molar-refractivity contribution in [3.8, 4) is 5.75 Å². The second kappa shape index (κ2) is 8.74. The van der Waals surface area contributed by atoms with Crippen molar-refractivity contribution in [2.45, 2.75) is 33.2 Å². The molecule has 5 heteroatoms. The van der Waals surface area contributed by atoms with Gasteiger partial charge in [-0.05, 0) is 42.0 Å². The molecule has 0 N–H and O–H groups in total. The van der Waals surface area contributed by atoms with Gasteiger partial charge in [-0.3, -0.25) is 14.5 Å². The van der Waals surface area contributed by atoms with Crippen molar-refractivity contribution >= 4 is 17.4 Å². The Morgan fingerprint density at radius 3 is 2.20 bits per heavy atom. The number of amides is 2. The van der Waals surface area contributed by atoms with E-state index in [0.717, 1.165) is 42.8 Å². The zero-order valence-corrected chi connectivity index (χ0v) is 17.6. The smallest absolute Gasteiger partial charge is 0.278 e. The normalized spacial score (nSPS) is 16.9.